The molecular weight excluding hydrogens is 156 g/mol. The monoisotopic (exact) mass is 164 g/mol. The van der Waals surface area contributed by atoms with Gasteiger partial charge in [-0.1, -0.05) is 0 Å². The third-order valence-electron chi connectivity index (χ3n) is 0.479. The quantitative estimate of drug-likeness (QED) is 0.430. The van der Waals surface area contributed by atoms with Crippen molar-refractivity contribution >= 4 is 11.8 Å². The summed E-state index contributed by atoms with van der Waals surface area (Å²) in [5.74, 6) is -0.555. The zero-order valence-electron chi connectivity index (χ0n) is 5.43. The van der Waals surface area contributed by atoms with E-state index >= 15 is 0 Å². The van der Waals surface area contributed by atoms with Crippen LogP contribution in [0.15, 0.2) is 0 Å². The van der Waals surface area contributed by atoms with E-state index in [1.165, 1.54) is 13.8 Å². The Balaban J connectivity index is 0. The Hall–Kier alpha value is -0.146. The van der Waals surface area contributed by atoms with Crippen molar-refractivity contribution in [3.8, 4) is 0 Å². The maximum atomic E-state index is 10.1. The van der Waals surface area contributed by atoms with Gasteiger partial charge in [0.25, 0.3) is 0 Å². The van der Waals surface area contributed by atoms with E-state index in [4.69, 9.17) is 0 Å². The molecular formula is C5H8O3Ti. The SMILES string of the molecule is CC(=O)COC(C)=O.[Ti]. The number of ether oxygens (including phenoxy) is 1. The largest absolute Gasteiger partial charge is 0.458 e. The van der Waals surface area contributed by atoms with Crippen molar-refractivity contribution in [2.75, 3.05) is 6.61 Å². The standard InChI is InChI=1S/C5H8O3.Ti/c1-4(6)3-8-5(2)7;/h3H2,1-2H3;. The second kappa shape index (κ2) is 5.98. The molecule has 0 bridgehead atoms. The maximum absolute atomic E-state index is 10.1. The van der Waals surface area contributed by atoms with Gasteiger partial charge in [0.15, 0.2) is 5.78 Å². The molecule has 0 aliphatic heterocycles. The van der Waals surface area contributed by atoms with Crippen LogP contribution >= 0.6 is 0 Å². The third-order valence-corrected chi connectivity index (χ3v) is 0.479. The molecule has 0 radical (unpaired) electrons. The van der Waals surface area contributed by atoms with Crippen molar-refractivity contribution < 1.29 is 36.0 Å². The molecule has 0 spiro atoms. The molecule has 0 aliphatic carbocycles. The summed E-state index contributed by atoms with van der Waals surface area (Å²) in [7, 11) is 0. The molecule has 0 atom stereocenters. The maximum Gasteiger partial charge on any atom is 0.303 e. The molecule has 3 nitrogen and oxygen atoms in total. The van der Waals surface area contributed by atoms with Gasteiger partial charge in [-0.05, 0) is 6.92 Å². The van der Waals surface area contributed by atoms with Crippen LogP contribution in [0.4, 0.5) is 0 Å². The summed E-state index contributed by atoms with van der Waals surface area (Å²) in [6, 6.07) is 0. The van der Waals surface area contributed by atoms with Crippen molar-refractivity contribution in [3.63, 3.8) is 0 Å². The number of carbonyl (C=O) groups excluding carboxylic acids is 2. The number of ketones is 1. The van der Waals surface area contributed by atoms with E-state index < -0.39 is 5.97 Å². The molecule has 50 valence electrons. The number of Topliss-reactive ketones (excluding diaryl/α,β-unsaturated/α-hetero) is 1. The van der Waals surface area contributed by atoms with Gasteiger partial charge in [-0.3, -0.25) is 9.59 Å². The van der Waals surface area contributed by atoms with Gasteiger partial charge in [-0.15, -0.1) is 0 Å². The Kier molecular flexibility index (Phi) is 7.73. The van der Waals surface area contributed by atoms with E-state index in [2.05, 4.69) is 4.74 Å². The van der Waals surface area contributed by atoms with E-state index in [1.807, 2.05) is 0 Å². The number of hydrogen-bond acceptors (Lipinski definition) is 3. The fourth-order valence-electron chi connectivity index (χ4n) is 0.203. The summed E-state index contributed by atoms with van der Waals surface area (Å²) in [6.07, 6.45) is 0. The van der Waals surface area contributed by atoms with E-state index in [0.29, 0.717) is 0 Å². The fourth-order valence-corrected chi connectivity index (χ4v) is 0.203. The van der Waals surface area contributed by atoms with E-state index in [1.54, 1.807) is 0 Å². The molecule has 0 N–H and O–H groups in total. The Bertz CT molecular complexity index is 96.8. The predicted octanol–water partition coefficient (Wildman–Crippen LogP) is 0.136. The van der Waals surface area contributed by atoms with Crippen LogP contribution in [-0.4, -0.2) is 18.4 Å². The smallest absolute Gasteiger partial charge is 0.303 e. The molecule has 0 saturated heterocycles. The summed E-state index contributed by atoms with van der Waals surface area (Å²) < 4.78 is 4.31. The molecule has 0 amide bonds. The summed E-state index contributed by atoms with van der Waals surface area (Å²) in [6.45, 7) is 2.53. The molecule has 0 fully saturated rings. The third kappa shape index (κ3) is 11.4. The Labute approximate surface area is 68.6 Å². The van der Waals surface area contributed by atoms with Crippen LogP contribution in [0.2, 0.25) is 0 Å². The number of rotatable bonds is 2. The first-order chi connectivity index (χ1) is 3.63. The van der Waals surface area contributed by atoms with Crippen LogP contribution in [0.5, 0.6) is 0 Å². The molecule has 0 aromatic heterocycles. The summed E-state index contributed by atoms with van der Waals surface area (Å²) in [5.41, 5.74) is 0. The molecule has 0 aliphatic rings. The van der Waals surface area contributed by atoms with Crippen LogP contribution < -0.4 is 0 Å². The fraction of sp³-hybridized carbons (Fsp3) is 0.600. The average molecular weight is 164 g/mol. The minimum absolute atomic E-state index is 0. The second-order valence-corrected chi connectivity index (χ2v) is 1.48. The van der Waals surface area contributed by atoms with Crippen molar-refractivity contribution in [2.45, 2.75) is 13.8 Å². The van der Waals surface area contributed by atoms with Crippen LogP contribution in [0, 0.1) is 0 Å². The van der Waals surface area contributed by atoms with Crippen LogP contribution in [0.1, 0.15) is 13.8 Å². The molecule has 0 saturated carbocycles. The van der Waals surface area contributed by atoms with Gasteiger partial charge in [0.05, 0.1) is 0 Å². The molecule has 0 aromatic rings. The molecule has 4 heteroatoms. The Morgan fingerprint density at radius 2 is 1.78 bits per heavy atom. The topological polar surface area (TPSA) is 43.4 Å². The summed E-state index contributed by atoms with van der Waals surface area (Å²) in [4.78, 5) is 20.0. The van der Waals surface area contributed by atoms with Gasteiger partial charge in [-0.25, -0.2) is 0 Å². The number of carbonyl (C=O) groups is 2. The molecule has 0 heterocycles. The number of esters is 1. The van der Waals surface area contributed by atoms with E-state index in [0.717, 1.165) is 0 Å². The van der Waals surface area contributed by atoms with Gasteiger partial charge in [0, 0.05) is 28.6 Å². The first kappa shape index (κ1) is 11.6. The second-order valence-electron chi connectivity index (χ2n) is 1.48. The van der Waals surface area contributed by atoms with E-state index in [9.17, 15) is 9.59 Å². The minimum atomic E-state index is -0.416. The van der Waals surface area contributed by atoms with Crippen LogP contribution in [0.3, 0.4) is 0 Å². The molecule has 0 rings (SSSR count). The zero-order valence-corrected chi connectivity index (χ0v) is 6.99. The molecule has 0 unspecified atom stereocenters. The summed E-state index contributed by atoms with van der Waals surface area (Å²) in [5, 5.41) is 0. The van der Waals surface area contributed by atoms with E-state index in [-0.39, 0.29) is 34.1 Å². The predicted molar refractivity (Wildman–Crippen MR) is 27.3 cm³/mol. The Morgan fingerprint density at radius 1 is 1.33 bits per heavy atom. The van der Waals surface area contributed by atoms with Crippen molar-refractivity contribution in [1.29, 1.82) is 0 Å². The zero-order chi connectivity index (χ0) is 6.57. The van der Waals surface area contributed by atoms with Gasteiger partial charge in [-0.2, -0.15) is 0 Å². The van der Waals surface area contributed by atoms with Gasteiger partial charge in [0.2, 0.25) is 0 Å². The van der Waals surface area contributed by atoms with Crippen molar-refractivity contribution in [2.24, 2.45) is 0 Å². The van der Waals surface area contributed by atoms with Crippen LogP contribution in [0.25, 0.3) is 0 Å². The summed E-state index contributed by atoms with van der Waals surface area (Å²) >= 11 is 0. The van der Waals surface area contributed by atoms with Gasteiger partial charge >= 0.3 is 5.97 Å². The first-order valence-corrected chi connectivity index (χ1v) is 2.25. The number of hydrogen-bond donors (Lipinski definition) is 0. The first-order valence-electron chi connectivity index (χ1n) is 2.25. The minimum Gasteiger partial charge on any atom is -0.458 e. The van der Waals surface area contributed by atoms with Gasteiger partial charge in [0.1, 0.15) is 6.61 Å². The Morgan fingerprint density at radius 3 is 1.89 bits per heavy atom. The normalized spacial score (nSPS) is 7.33. The average Bonchev–Trinajstić information content (AvgIpc) is 1.61. The van der Waals surface area contributed by atoms with Crippen molar-refractivity contribution in [1.82, 2.24) is 0 Å². The van der Waals surface area contributed by atoms with Crippen molar-refractivity contribution in [3.05, 3.63) is 0 Å². The van der Waals surface area contributed by atoms with Gasteiger partial charge < -0.3 is 4.74 Å². The molecule has 9 heavy (non-hydrogen) atoms. The van der Waals surface area contributed by atoms with Crippen LogP contribution in [-0.2, 0) is 36.0 Å². The molecule has 0 aromatic carbocycles.